The molecule has 2 heteroatoms. The van der Waals surface area contributed by atoms with Gasteiger partial charge in [0, 0.05) is 0 Å². The molecule has 0 aromatic heterocycles. The van der Waals surface area contributed by atoms with Crippen LogP contribution in [0.15, 0.2) is 0 Å². The lowest BCUT2D eigenvalue weighted by Gasteiger charge is -2.18. The van der Waals surface area contributed by atoms with Gasteiger partial charge in [0.15, 0.2) is 0 Å². The van der Waals surface area contributed by atoms with E-state index in [-0.39, 0.29) is 0 Å². The largest absolute Gasteiger partial charge is 0.1000 e. The van der Waals surface area contributed by atoms with Gasteiger partial charge in [-0.25, -0.2) is 0 Å². The van der Waals surface area contributed by atoms with Crippen LogP contribution >= 0.6 is 0 Å². The Balaban J connectivity index is 2.01. The van der Waals surface area contributed by atoms with Crippen LogP contribution in [0.1, 0.15) is 6.42 Å². The summed E-state index contributed by atoms with van der Waals surface area (Å²) in [6.45, 7) is 3.15. The molecule has 1 heterocycles. The summed E-state index contributed by atoms with van der Waals surface area (Å²) in [4.78, 5) is 0. The molecule has 0 aliphatic carbocycles. The van der Waals surface area contributed by atoms with Crippen LogP contribution in [-0.2, 0) is 0 Å². The zero-order valence-electron chi connectivity index (χ0n) is 4.28. The fourth-order valence-corrected chi connectivity index (χ4v) is 0.773. The van der Waals surface area contributed by atoms with Crippen molar-refractivity contribution in [3.63, 3.8) is 0 Å². The highest BCUT2D eigenvalue weighted by Crippen LogP contribution is 2.17. The normalized spacial score (nSPS) is 19.8. The molecule has 0 spiro atoms. The standard InChI is InChI=1S/C4H9B2/c1-5-6-3-2-4-6/h2-4H2,1H3. The fourth-order valence-electron chi connectivity index (χ4n) is 0.773. The van der Waals surface area contributed by atoms with Gasteiger partial charge in [-0.15, -0.1) is 0 Å². The molecule has 0 saturated carbocycles. The minimum Gasteiger partial charge on any atom is -0.0992 e. The minimum atomic E-state index is 0.991. The van der Waals surface area contributed by atoms with Crippen LogP contribution in [0.3, 0.4) is 0 Å². The molecule has 0 aromatic carbocycles. The third-order valence-electron chi connectivity index (χ3n) is 1.62. The molecule has 1 radical (unpaired) electrons. The molecule has 1 rings (SSSR count). The molecule has 0 atom stereocenters. The summed E-state index contributed by atoms with van der Waals surface area (Å²) in [5, 5.41) is 0. The summed E-state index contributed by atoms with van der Waals surface area (Å²) in [5.41, 5.74) is 0. The molecular formula is C4H9B2. The van der Waals surface area contributed by atoms with Crippen molar-refractivity contribution in [1.82, 2.24) is 0 Å². The van der Waals surface area contributed by atoms with Gasteiger partial charge in [0.1, 0.15) is 0 Å². The van der Waals surface area contributed by atoms with E-state index in [1.165, 1.54) is 19.1 Å². The Morgan fingerprint density at radius 3 is 2.17 bits per heavy atom. The van der Waals surface area contributed by atoms with Gasteiger partial charge in [0.2, 0.25) is 0 Å². The van der Waals surface area contributed by atoms with Crippen molar-refractivity contribution >= 4 is 13.8 Å². The third kappa shape index (κ3) is 0.612. The van der Waals surface area contributed by atoms with E-state index in [0.29, 0.717) is 0 Å². The van der Waals surface area contributed by atoms with Gasteiger partial charge in [-0.1, -0.05) is 25.9 Å². The van der Waals surface area contributed by atoms with Crippen molar-refractivity contribution < 1.29 is 0 Å². The van der Waals surface area contributed by atoms with Crippen LogP contribution in [0.2, 0.25) is 19.5 Å². The average molecular weight is 78.7 g/mol. The van der Waals surface area contributed by atoms with Crippen molar-refractivity contribution in [2.45, 2.75) is 25.9 Å². The number of rotatable bonds is 1. The van der Waals surface area contributed by atoms with Gasteiger partial charge in [0.25, 0.3) is 0 Å². The van der Waals surface area contributed by atoms with Crippen LogP contribution in [0.5, 0.6) is 0 Å². The van der Waals surface area contributed by atoms with Crippen LogP contribution in [0.25, 0.3) is 0 Å². The average Bonchev–Trinajstić information content (AvgIpc) is 1.31. The summed E-state index contributed by atoms with van der Waals surface area (Å²) >= 11 is 0. The van der Waals surface area contributed by atoms with E-state index >= 15 is 0 Å². The zero-order valence-corrected chi connectivity index (χ0v) is 4.28. The molecule has 1 aliphatic heterocycles. The quantitative estimate of drug-likeness (QED) is 0.413. The maximum atomic E-state index is 2.31. The molecule has 1 fully saturated rings. The third-order valence-corrected chi connectivity index (χ3v) is 1.62. The van der Waals surface area contributed by atoms with Crippen LogP contribution in [-0.4, -0.2) is 13.8 Å². The predicted molar refractivity (Wildman–Crippen MR) is 31.6 cm³/mol. The van der Waals surface area contributed by atoms with E-state index in [1.54, 1.807) is 0 Å². The predicted octanol–water partition coefficient (Wildman–Crippen LogP) is 1.13. The van der Waals surface area contributed by atoms with Crippen LogP contribution in [0.4, 0.5) is 0 Å². The van der Waals surface area contributed by atoms with Crippen molar-refractivity contribution in [1.29, 1.82) is 0 Å². The lowest BCUT2D eigenvalue weighted by Crippen LogP contribution is -2.27. The second kappa shape index (κ2) is 1.72. The monoisotopic (exact) mass is 79.1 g/mol. The topological polar surface area (TPSA) is 0 Å². The highest BCUT2D eigenvalue weighted by Gasteiger charge is 2.17. The zero-order chi connectivity index (χ0) is 4.41. The summed E-state index contributed by atoms with van der Waals surface area (Å²) in [5.74, 6) is 0. The van der Waals surface area contributed by atoms with Crippen molar-refractivity contribution in [2.75, 3.05) is 0 Å². The maximum Gasteiger partial charge on any atom is 0.1000 e. The highest BCUT2D eigenvalue weighted by molar-refractivity contribution is 7.13. The molecule has 31 valence electrons. The van der Waals surface area contributed by atoms with E-state index in [4.69, 9.17) is 0 Å². The smallest absolute Gasteiger partial charge is 0.0992 e. The second-order valence-corrected chi connectivity index (χ2v) is 2.02. The molecule has 0 nitrogen and oxygen atoms in total. The van der Waals surface area contributed by atoms with Gasteiger partial charge in [-0.2, -0.15) is 0 Å². The van der Waals surface area contributed by atoms with E-state index in [2.05, 4.69) is 14.0 Å². The van der Waals surface area contributed by atoms with E-state index in [0.717, 1.165) is 6.60 Å². The molecule has 0 unspecified atom stereocenters. The van der Waals surface area contributed by atoms with Gasteiger partial charge in [-0.3, -0.25) is 0 Å². The summed E-state index contributed by atoms with van der Waals surface area (Å²) in [7, 11) is 2.31. The Kier molecular flexibility index (Phi) is 1.23. The molecular weight excluding hydrogens is 69.7 g/mol. The highest BCUT2D eigenvalue weighted by atomic mass is 13.9. The molecule has 0 aromatic rings. The van der Waals surface area contributed by atoms with Crippen molar-refractivity contribution in [2.24, 2.45) is 0 Å². The van der Waals surface area contributed by atoms with E-state index in [1.807, 2.05) is 0 Å². The molecule has 0 amide bonds. The lowest BCUT2D eigenvalue weighted by atomic mass is 9.14. The Hall–Kier alpha value is 0.130. The maximum absolute atomic E-state index is 2.31. The lowest BCUT2D eigenvalue weighted by molar-refractivity contribution is 0.960. The molecule has 0 bridgehead atoms. The molecule has 1 saturated heterocycles. The first-order chi connectivity index (χ1) is 2.93. The summed E-state index contributed by atoms with van der Waals surface area (Å²) in [6.07, 6.45) is 4.38. The SMILES string of the molecule is C[B]B1CCC1. The van der Waals surface area contributed by atoms with Crippen molar-refractivity contribution in [3.8, 4) is 0 Å². The summed E-state index contributed by atoms with van der Waals surface area (Å²) < 4.78 is 0. The Bertz CT molecular complexity index is 38.1. The Labute approximate surface area is 40.6 Å². The van der Waals surface area contributed by atoms with Crippen molar-refractivity contribution in [3.05, 3.63) is 0 Å². The van der Waals surface area contributed by atoms with E-state index in [9.17, 15) is 0 Å². The fraction of sp³-hybridized carbons (Fsp3) is 1.00. The molecule has 0 N–H and O–H groups in total. The Morgan fingerprint density at radius 2 is 2.17 bits per heavy atom. The first-order valence-electron chi connectivity index (χ1n) is 2.73. The van der Waals surface area contributed by atoms with E-state index < -0.39 is 0 Å². The van der Waals surface area contributed by atoms with Crippen LogP contribution in [0, 0.1) is 0 Å². The second-order valence-electron chi connectivity index (χ2n) is 2.02. The number of hydrogen-bond donors (Lipinski definition) is 0. The van der Waals surface area contributed by atoms with Gasteiger partial charge in [0.05, 0.1) is 13.8 Å². The first kappa shape index (κ1) is 4.29. The minimum absolute atomic E-state index is 0.991. The number of hydrogen-bond acceptors (Lipinski definition) is 0. The van der Waals surface area contributed by atoms with Gasteiger partial charge < -0.3 is 0 Å². The van der Waals surface area contributed by atoms with Gasteiger partial charge in [-0.05, 0) is 0 Å². The van der Waals surface area contributed by atoms with Gasteiger partial charge >= 0.3 is 0 Å². The summed E-state index contributed by atoms with van der Waals surface area (Å²) in [6, 6.07) is 0. The Morgan fingerprint density at radius 1 is 1.50 bits per heavy atom. The first-order valence-corrected chi connectivity index (χ1v) is 2.73. The molecule has 1 aliphatic rings. The molecule has 6 heavy (non-hydrogen) atoms. The van der Waals surface area contributed by atoms with Crippen LogP contribution < -0.4 is 0 Å².